The second kappa shape index (κ2) is 4.57. The lowest BCUT2D eigenvalue weighted by atomic mass is 10.2. The monoisotopic (exact) mass is 278 g/mol. The molecule has 1 aromatic carbocycles. The van der Waals surface area contributed by atoms with E-state index in [2.05, 4.69) is 0 Å². The first-order valence-electron chi connectivity index (χ1n) is 3.47. The Morgan fingerprint density at radius 2 is 2.17 bits per heavy atom. The van der Waals surface area contributed by atoms with Crippen molar-refractivity contribution in [1.29, 1.82) is 0 Å². The zero-order chi connectivity index (χ0) is 8.97. The topological polar surface area (TPSA) is 20.2 Å². The summed E-state index contributed by atoms with van der Waals surface area (Å²) in [7, 11) is 0. The molecule has 0 aliphatic heterocycles. The summed E-state index contributed by atoms with van der Waals surface area (Å²) >= 11 is 1.99. The van der Waals surface area contributed by atoms with Crippen LogP contribution >= 0.6 is 22.6 Å². The molecular weight excluding hydrogens is 270 g/mol. The molecule has 0 amide bonds. The average Bonchev–Trinajstić information content (AvgIpc) is 2.05. The van der Waals surface area contributed by atoms with Gasteiger partial charge in [0.2, 0.25) is 0 Å². The predicted octanol–water partition coefficient (Wildman–Crippen LogP) is 2.59. The number of aliphatic hydroxyl groups excluding tert-OH is 1. The molecule has 1 rings (SSSR count). The van der Waals surface area contributed by atoms with Crippen molar-refractivity contribution >= 4 is 26.2 Å². The maximum absolute atomic E-state index is 13.0. The molecule has 0 saturated heterocycles. The molecule has 0 unspecified atom stereocenters. The van der Waals surface area contributed by atoms with Gasteiger partial charge in [-0.05, 0) is 34.7 Å². The van der Waals surface area contributed by atoms with Gasteiger partial charge in [-0.3, -0.25) is 0 Å². The van der Waals surface area contributed by atoms with Gasteiger partial charge in [-0.15, -0.1) is 0 Å². The molecule has 0 heterocycles. The summed E-state index contributed by atoms with van der Waals surface area (Å²) in [6.07, 6.45) is 1.57. The summed E-state index contributed by atoms with van der Waals surface area (Å²) in [5.74, 6) is -0.258. The summed E-state index contributed by atoms with van der Waals surface area (Å²) in [5, 5.41) is 8.59. The van der Waals surface area contributed by atoms with Crippen LogP contribution in [-0.2, 0) is 0 Å². The Labute approximate surface area is 84.1 Å². The smallest absolute Gasteiger partial charge is 0.131 e. The van der Waals surface area contributed by atoms with Crippen molar-refractivity contribution in [2.45, 2.75) is 0 Å². The summed E-state index contributed by atoms with van der Waals surface area (Å²) in [4.78, 5) is 0. The highest BCUT2D eigenvalue weighted by atomic mass is 127. The number of halogens is 2. The third-order valence-electron chi connectivity index (χ3n) is 1.40. The lowest BCUT2D eigenvalue weighted by Crippen LogP contribution is -1.84. The molecule has 3 heteroatoms. The van der Waals surface area contributed by atoms with Crippen molar-refractivity contribution in [3.63, 3.8) is 0 Å². The van der Waals surface area contributed by atoms with Crippen molar-refractivity contribution in [3.8, 4) is 0 Å². The van der Waals surface area contributed by atoms with Crippen molar-refractivity contribution in [2.24, 2.45) is 0 Å². The minimum Gasteiger partial charge on any atom is -0.392 e. The lowest BCUT2D eigenvalue weighted by Gasteiger charge is -1.99. The second-order valence-corrected chi connectivity index (χ2v) is 3.38. The minimum absolute atomic E-state index is 0.0629. The normalized spacial score (nSPS) is 11.8. The Balaban J connectivity index is 3.02. The Morgan fingerprint density at radius 3 is 2.75 bits per heavy atom. The minimum atomic E-state index is -0.258. The van der Waals surface area contributed by atoms with E-state index in [1.165, 1.54) is 6.07 Å². The van der Waals surface area contributed by atoms with Crippen LogP contribution in [0, 0.1) is 5.82 Å². The van der Waals surface area contributed by atoms with E-state index in [-0.39, 0.29) is 12.4 Å². The first kappa shape index (κ1) is 9.67. The fourth-order valence-electron chi connectivity index (χ4n) is 0.845. The van der Waals surface area contributed by atoms with Crippen LogP contribution in [0.25, 0.3) is 3.58 Å². The molecule has 64 valence electrons. The van der Waals surface area contributed by atoms with E-state index in [0.29, 0.717) is 5.56 Å². The Bertz CT molecular complexity index is 296. The third-order valence-corrected chi connectivity index (χ3v) is 2.42. The van der Waals surface area contributed by atoms with Crippen LogP contribution in [0.2, 0.25) is 0 Å². The van der Waals surface area contributed by atoms with Crippen LogP contribution < -0.4 is 0 Å². The van der Waals surface area contributed by atoms with Gasteiger partial charge in [-0.2, -0.15) is 0 Å². The molecule has 0 atom stereocenters. The third kappa shape index (κ3) is 2.28. The highest BCUT2D eigenvalue weighted by Gasteiger charge is 2.02. The van der Waals surface area contributed by atoms with Crippen LogP contribution in [0.4, 0.5) is 4.39 Å². The summed E-state index contributed by atoms with van der Waals surface area (Å²) < 4.78 is 13.8. The fourth-order valence-corrected chi connectivity index (χ4v) is 1.48. The zero-order valence-electron chi connectivity index (χ0n) is 6.30. The highest BCUT2D eigenvalue weighted by Crippen LogP contribution is 2.23. The van der Waals surface area contributed by atoms with Gasteiger partial charge in [0.15, 0.2) is 0 Å². The molecule has 0 spiro atoms. The second-order valence-electron chi connectivity index (χ2n) is 2.21. The van der Waals surface area contributed by atoms with E-state index < -0.39 is 0 Å². The SMILES string of the molecule is OC/C=C(\I)c1ccccc1F. The quantitative estimate of drug-likeness (QED) is 0.824. The van der Waals surface area contributed by atoms with Crippen molar-refractivity contribution in [3.05, 3.63) is 41.7 Å². The van der Waals surface area contributed by atoms with Gasteiger partial charge in [0.05, 0.1) is 6.61 Å². The van der Waals surface area contributed by atoms with Crippen molar-refractivity contribution < 1.29 is 9.50 Å². The summed E-state index contributed by atoms with van der Waals surface area (Å²) in [6.45, 7) is -0.0629. The Kier molecular flexibility index (Phi) is 3.68. The van der Waals surface area contributed by atoms with Gasteiger partial charge >= 0.3 is 0 Å². The first-order chi connectivity index (χ1) is 5.75. The molecule has 1 N–H and O–H groups in total. The van der Waals surface area contributed by atoms with Gasteiger partial charge in [0.1, 0.15) is 5.82 Å². The summed E-state index contributed by atoms with van der Waals surface area (Å²) in [6, 6.07) is 6.49. The van der Waals surface area contributed by atoms with Crippen LogP contribution in [0.3, 0.4) is 0 Å². The number of hydrogen-bond donors (Lipinski definition) is 1. The van der Waals surface area contributed by atoms with Gasteiger partial charge in [0.25, 0.3) is 0 Å². The standard InChI is InChI=1S/C9H8FIO/c10-8-4-2-1-3-7(8)9(11)5-6-12/h1-5,12H,6H2/b9-5-. The Hall–Kier alpha value is -0.420. The van der Waals surface area contributed by atoms with E-state index >= 15 is 0 Å². The van der Waals surface area contributed by atoms with E-state index in [4.69, 9.17) is 5.11 Å². The van der Waals surface area contributed by atoms with E-state index in [0.717, 1.165) is 3.58 Å². The molecule has 0 aliphatic rings. The van der Waals surface area contributed by atoms with Crippen LogP contribution in [0.5, 0.6) is 0 Å². The van der Waals surface area contributed by atoms with E-state index in [1.807, 2.05) is 22.6 Å². The van der Waals surface area contributed by atoms with Gasteiger partial charge < -0.3 is 5.11 Å². The zero-order valence-corrected chi connectivity index (χ0v) is 8.45. The molecule has 0 radical (unpaired) electrons. The van der Waals surface area contributed by atoms with E-state index in [1.54, 1.807) is 24.3 Å². The molecule has 0 saturated carbocycles. The number of benzene rings is 1. The lowest BCUT2D eigenvalue weighted by molar-refractivity contribution is 0.343. The van der Waals surface area contributed by atoms with Gasteiger partial charge in [0, 0.05) is 9.14 Å². The van der Waals surface area contributed by atoms with Crippen LogP contribution in [0.15, 0.2) is 30.3 Å². The largest absolute Gasteiger partial charge is 0.392 e. The number of hydrogen-bond acceptors (Lipinski definition) is 1. The van der Waals surface area contributed by atoms with Crippen molar-refractivity contribution in [2.75, 3.05) is 6.61 Å². The van der Waals surface area contributed by atoms with Gasteiger partial charge in [-0.1, -0.05) is 18.2 Å². The molecule has 0 aromatic heterocycles. The van der Waals surface area contributed by atoms with Gasteiger partial charge in [-0.25, -0.2) is 4.39 Å². The fraction of sp³-hybridized carbons (Fsp3) is 0.111. The maximum Gasteiger partial charge on any atom is 0.131 e. The highest BCUT2D eigenvalue weighted by molar-refractivity contribution is 14.1. The molecule has 0 aliphatic carbocycles. The van der Waals surface area contributed by atoms with E-state index in [9.17, 15) is 4.39 Å². The van der Waals surface area contributed by atoms with Crippen LogP contribution in [-0.4, -0.2) is 11.7 Å². The maximum atomic E-state index is 13.0. The Morgan fingerprint density at radius 1 is 1.50 bits per heavy atom. The van der Waals surface area contributed by atoms with Crippen molar-refractivity contribution in [1.82, 2.24) is 0 Å². The number of rotatable bonds is 2. The molecule has 1 nitrogen and oxygen atoms in total. The predicted molar refractivity (Wildman–Crippen MR) is 55.5 cm³/mol. The average molecular weight is 278 g/mol. The number of aliphatic hydroxyl groups is 1. The van der Waals surface area contributed by atoms with Crippen LogP contribution in [0.1, 0.15) is 5.56 Å². The molecular formula is C9H8FIO. The first-order valence-corrected chi connectivity index (χ1v) is 4.55. The summed E-state index contributed by atoms with van der Waals surface area (Å²) in [5.41, 5.74) is 0.534. The molecule has 1 aromatic rings. The molecule has 0 bridgehead atoms. The molecule has 12 heavy (non-hydrogen) atoms. The molecule has 0 fully saturated rings.